The van der Waals surface area contributed by atoms with Crippen molar-refractivity contribution in [3.05, 3.63) is 33.0 Å². The zero-order valence-electron chi connectivity index (χ0n) is 10.2. The van der Waals surface area contributed by atoms with E-state index in [1.807, 2.05) is 6.92 Å². The highest BCUT2D eigenvalue weighted by Crippen LogP contribution is 2.18. The first-order valence-electron chi connectivity index (χ1n) is 6.00. The first-order valence-corrected chi connectivity index (χ1v) is 6.00. The Balaban J connectivity index is 1.99. The van der Waals surface area contributed by atoms with Gasteiger partial charge in [0, 0.05) is 12.6 Å². The van der Waals surface area contributed by atoms with Crippen LogP contribution in [0.2, 0.25) is 0 Å². The van der Waals surface area contributed by atoms with E-state index in [2.05, 4.69) is 10.3 Å². The Hall–Kier alpha value is -1.76. The van der Waals surface area contributed by atoms with Crippen LogP contribution in [0.1, 0.15) is 19.8 Å². The van der Waals surface area contributed by atoms with Crippen LogP contribution >= 0.6 is 0 Å². The van der Waals surface area contributed by atoms with Crippen LogP contribution in [0, 0.1) is 16.0 Å². The molecule has 18 heavy (non-hydrogen) atoms. The molecule has 0 radical (unpaired) electrons. The van der Waals surface area contributed by atoms with Crippen molar-refractivity contribution in [1.29, 1.82) is 0 Å². The molecule has 1 saturated carbocycles. The Morgan fingerprint density at radius 3 is 3.00 bits per heavy atom. The van der Waals surface area contributed by atoms with Crippen LogP contribution in [-0.2, 0) is 6.54 Å². The van der Waals surface area contributed by atoms with E-state index in [-0.39, 0.29) is 11.6 Å². The quantitative estimate of drug-likeness (QED) is 0.589. The minimum absolute atomic E-state index is 0.156. The lowest BCUT2D eigenvalue weighted by Gasteiger charge is -2.13. The highest BCUT2D eigenvalue weighted by atomic mass is 16.6. The smallest absolute Gasteiger partial charge is 0.314 e. The number of nitrogens with zero attached hydrogens (tertiary/aromatic N) is 3. The van der Waals surface area contributed by atoms with Crippen LogP contribution in [0.5, 0.6) is 0 Å². The Bertz CT molecular complexity index is 495. The molecule has 0 amide bonds. The third-order valence-electron chi connectivity index (χ3n) is 2.89. The van der Waals surface area contributed by atoms with Gasteiger partial charge in [-0.2, -0.15) is 4.98 Å². The van der Waals surface area contributed by atoms with Crippen molar-refractivity contribution in [3.8, 4) is 0 Å². The molecular formula is C11H16N4O3. The van der Waals surface area contributed by atoms with Gasteiger partial charge in [-0.25, -0.2) is 4.79 Å². The van der Waals surface area contributed by atoms with E-state index >= 15 is 0 Å². The molecule has 1 fully saturated rings. The molecule has 0 saturated heterocycles. The molecule has 2 rings (SSSR count). The predicted molar refractivity (Wildman–Crippen MR) is 65.3 cm³/mol. The summed E-state index contributed by atoms with van der Waals surface area (Å²) in [4.78, 5) is 25.1. The molecule has 1 unspecified atom stereocenters. The molecule has 0 spiro atoms. The van der Waals surface area contributed by atoms with Crippen LogP contribution in [0.15, 0.2) is 17.2 Å². The summed E-state index contributed by atoms with van der Waals surface area (Å²) < 4.78 is 1.30. The van der Waals surface area contributed by atoms with Gasteiger partial charge < -0.3 is 5.32 Å². The lowest BCUT2D eigenvalue weighted by atomic mass is 10.2. The average Bonchev–Trinajstić information content (AvgIpc) is 3.13. The summed E-state index contributed by atoms with van der Waals surface area (Å²) in [5, 5.41) is 14.0. The zero-order valence-corrected chi connectivity index (χ0v) is 10.2. The first kappa shape index (κ1) is 12.7. The number of nitrogens with one attached hydrogen (secondary N) is 1. The third kappa shape index (κ3) is 3.36. The summed E-state index contributed by atoms with van der Waals surface area (Å²) in [6, 6.07) is 0.618. The van der Waals surface area contributed by atoms with Crippen LogP contribution in [0.3, 0.4) is 0 Å². The van der Waals surface area contributed by atoms with Crippen molar-refractivity contribution in [1.82, 2.24) is 14.9 Å². The van der Waals surface area contributed by atoms with Gasteiger partial charge in [-0.1, -0.05) is 6.92 Å². The fourth-order valence-electron chi connectivity index (χ4n) is 1.72. The van der Waals surface area contributed by atoms with Crippen LogP contribution in [-0.4, -0.2) is 27.1 Å². The maximum atomic E-state index is 11.5. The van der Waals surface area contributed by atoms with Gasteiger partial charge in [0.15, 0.2) is 0 Å². The molecule has 1 N–H and O–H groups in total. The summed E-state index contributed by atoms with van der Waals surface area (Å²) in [5.74, 6) is 0.229. The van der Waals surface area contributed by atoms with Crippen LogP contribution < -0.4 is 11.0 Å². The summed E-state index contributed by atoms with van der Waals surface area (Å²) in [5.41, 5.74) is -0.601. The van der Waals surface area contributed by atoms with Crippen molar-refractivity contribution in [2.24, 2.45) is 5.92 Å². The lowest BCUT2D eigenvalue weighted by molar-refractivity contribution is -0.385. The first-order chi connectivity index (χ1) is 8.56. The zero-order chi connectivity index (χ0) is 13.1. The van der Waals surface area contributed by atoms with Gasteiger partial charge in [0.25, 0.3) is 0 Å². The summed E-state index contributed by atoms with van der Waals surface area (Å²) >= 11 is 0. The Morgan fingerprint density at radius 2 is 2.39 bits per heavy atom. The predicted octanol–water partition coefficient (Wildman–Crippen LogP) is 0.540. The van der Waals surface area contributed by atoms with Gasteiger partial charge in [-0.15, -0.1) is 0 Å². The molecule has 0 aliphatic heterocycles. The number of hydrogen-bond acceptors (Lipinski definition) is 5. The van der Waals surface area contributed by atoms with E-state index in [1.54, 1.807) is 0 Å². The Morgan fingerprint density at radius 1 is 1.67 bits per heavy atom. The van der Waals surface area contributed by atoms with Crippen molar-refractivity contribution in [2.45, 2.75) is 32.4 Å². The lowest BCUT2D eigenvalue weighted by Crippen LogP contribution is -2.30. The standard InChI is InChI=1S/C11H16N4O3/c1-8(4-12-9-2-3-9)6-14-7-10(15(17)18)5-13-11(14)16/h5,7-9,12H,2-4,6H2,1H3. The summed E-state index contributed by atoms with van der Waals surface area (Å²) in [7, 11) is 0. The molecule has 1 aliphatic carbocycles. The maximum Gasteiger partial charge on any atom is 0.347 e. The molecule has 0 aromatic carbocycles. The summed E-state index contributed by atoms with van der Waals surface area (Å²) in [6.45, 7) is 3.24. The van der Waals surface area contributed by atoms with E-state index in [9.17, 15) is 14.9 Å². The molecular weight excluding hydrogens is 236 g/mol. The molecule has 1 heterocycles. The molecule has 0 bridgehead atoms. The minimum Gasteiger partial charge on any atom is -0.314 e. The van der Waals surface area contributed by atoms with Crippen molar-refractivity contribution >= 4 is 5.69 Å². The number of aromatic nitrogens is 2. The molecule has 1 aromatic rings. The maximum absolute atomic E-state index is 11.5. The molecule has 1 atom stereocenters. The number of nitro groups is 1. The molecule has 7 heteroatoms. The second kappa shape index (κ2) is 5.26. The Labute approximate surface area is 104 Å². The number of rotatable bonds is 6. The average molecular weight is 252 g/mol. The fraction of sp³-hybridized carbons (Fsp3) is 0.636. The van der Waals surface area contributed by atoms with Gasteiger partial charge in [0.2, 0.25) is 0 Å². The second-order valence-electron chi connectivity index (χ2n) is 4.79. The number of hydrogen-bond donors (Lipinski definition) is 1. The van der Waals surface area contributed by atoms with E-state index < -0.39 is 10.6 Å². The summed E-state index contributed by atoms with van der Waals surface area (Å²) in [6.07, 6.45) is 4.67. The van der Waals surface area contributed by atoms with Gasteiger partial charge in [0.05, 0.1) is 11.1 Å². The van der Waals surface area contributed by atoms with Crippen molar-refractivity contribution in [3.63, 3.8) is 0 Å². The molecule has 98 valence electrons. The SMILES string of the molecule is CC(CNC1CC1)Cn1cc([N+](=O)[O-])cnc1=O. The topological polar surface area (TPSA) is 90.1 Å². The Kier molecular flexibility index (Phi) is 3.71. The van der Waals surface area contributed by atoms with Crippen LogP contribution in [0.4, 0.5) is 5.69 Å². The molecule has 1 aromatic heterocycles. The van der Waals surface area contributed by atoms with Gasteiger partial charge in [0.1, 0.15) is 6.20 Å². The largest absolute Gasteiger partial charge is 0.347 e. The fourth-order valence-corrected chi connectivity index (χ4v) is 1.72. The molecule has 7 nitrogen and oxygen atoms in total. The van der Waals surface area contributed by atoms with E-state index in [0.717, 1.165) is 12.7 Å². The second-order valence-corrected chi connectivity index (χ2v) is 4.79. The van der Waals surface area contributed by atoms with E-state index in [1.165, 1.54) is 23.6 Å². The van der Waals surface area contributed by atoms with E-state index in [4.69, 9.17) is 0 Å². The van der Waals surface area contributed by atoms with Crippen LogP contribution in [0.25, 0.3) is 0 Å². The minimum atomic E-state index is -0.546. The van der Waals surface area contributed by atoms with E-state index in [0.29, 0.717) is 12.6 Å². The molecule has 1 aliphatic rings. The van der Waals surface area contributed by atoms with Gasteiger partial charge in [-0.3, -0.25) is 14.7 Å². The van der Waals surface area contributed by atoms with Crippen molar-refractivity contribution in [2.75, 3.05) is 6.54 Å². The van der Waals surface area contributed by atoms with Gasteiger partial charge in [-0.05, 0) is 25.3 Å². The normalized spacial score (nSPS) is 16.5. The monoisotopic (exact) mass is 252 g/mol. The highest BCUT2D eigenvalue weighted by Gasteiger charge is 2.21. The van der Waals surface area contributed by atoms with Crippen molar-refractivity contribution < 1.29 is 4.92 Å². The highest BCUT2D eigenvalue weighted by molar-refractivity contribution is 5.20. The third-order valence-corrected chi connectivity index (χ3v) is 2.89. The van der Waals surface area contributed by atoms with Gasteiger partial charge >= 0.3 is 11.4 Å².